The Morgan fingerprint density at radius 2 is 1.77 bits per heavy atom. The van der Waals surface area contributed by atoms with E-state index in [2.05, 4.69) is 9.71 Å². The minimum Gasteiger partial charge on any atom is -0.480 e. The van der Waals surface area contributed by atoms with Crippen molar-refractivity contribution in [3.05, 3.63) is 54.4 Å². The molecule has 140 valence electrons. The minimum atomic E-state index is -3.62. The van der Waals surface area contributed by atoms with Gasteiger partial charge in [-0.2, -0.15) is 0 Å². The zero-order valence-corrected chi connectivity index (χ0v) is 15.3. The Morgan fingerprint density at radius 3 is 2.35 bits per heavy atom. The fourth-order valence-electron chi connectivity index (χ4n) is 2.26. The van der Waals surface area contributed by atoms with Gasteiger partial charge < -0.3 is 9.84 Å². The first-order valence-electron chi connectivity index (χ1n) is 8.29. The van der Waals surface area contributed by atoms with Gasteiger partial charge in [-0.05, 0) is 42.7 Å². The molecule has 2 N–H and O–H groups in total. The fourth-order valence-corrected chi connectivity index (χ4v) is 3.67. The molecule has 26 heavy (non-hydrogen) atoms. The number of carbonyl (C=O) groups is 1. The van der Waals surface area contributed by atoms with E-state index in [1.54, 1.807) is 48.8 Å². The summed E-state index contributed by atoms with van der Waals surface area (Å²) in [6.07, 6.45) is 4.49. The number of unbranched alkanes of at least 4 members (excludes halogenated alkanes) is 1. The normalized spacial score (nSPS) is 12.5. The molecular formula is C18H22N2O5S. The van der Waals surface area contributed by atoms with Crippen molar-refractivity contribution in [2.75, 3.05) is 5.75 Å². The topological polar surface area (TPSA) is 106 Å². The first-order valence-corrected chi connectivity index (χ1v) is 9.94. The van der Waals surface area contributed by atoms with E-state index in [0.29, 0.717) is 23.5 Å². The predicted molar refractivity (Wildman–Crippen MR) is 97.7 cm³/mol. The Kier molecular flexibility index (Phi) is 7.11. The van der Waals surface area contributed by atoms with Crippen LogP contribution < -0.4 is 9.46 Å². The summed E-state index contributed by atoms with van der Waals surface area (Å²) in [4.78, 5) is 15.3. The third-order valence-corrected chi connectivity index (χ3v) is 5.10. The van der Waals surface area contributed by atoms with Crippen LogP contribution in [-0.4, -0.2) is 36.3 Å². The number of aliphatic carboxylic acids is 1. The van der Waals surface area contributed by atoms with Gasteiger partial charge in [-0.3, -0.25) is 9.78 Å². The Labute approximate surface area is 153 Å². The van der Waals surface area contributed by atoms with Gasteiger partial charge in [-0.25, -0.2) is 13.1 Å². The highest BCUT2D eigenvalue weighted by atomic mass is 32.2. The molecule has 2 aromatic rings. The van der Waals surface area contributed by atoms with Gasteiger partial charge >= 0.3 is 5.97 Å². The summed E-state index contributed by atoms with van der Waals surface area (Å²) in [6, 6.07) is 9.09. The maximum atomic E-state index is 12.0. The molecule has 0 aliphatic heterocycles. The molecule has 0 aliphatic carbocycles. The van der Waals surface area contributed by atoms with E-state index in [-0.39, 0.29) is 12.2 Å². The quantitative estimate of drug-likeness (QED) is 0.658. The largest absolute Gasteiger partial charge is 0.480 e. The average molecular weight is 378 g/mol. The number of carboxylic acids is 1. The Morgan fingerprint density at radius 1 is 1.15 bits per heavy atom. The summed E-state index contributed by atoms with van der Waals surface area (Å²) in [5.41, 5.74) is 0.692. The number of carboxylic acid groups (broad SMARTS) is 1. The molecule has 0 aliphatic rings. The lowest BCUT2D eigenvalue weighted by Gasteiger charge is -2.15. The van der Waals surface area contributed by atoms with Crippen LogP contribution in [0.1, 0.15) is 25.3 Å². The molecule has 7 nitrogen and oxygen atoms in total. The van der Waals surface area contributed by atoms with Gasteiger partial charge in [0.2, 0.25) is 10.0 Å². The number of benzene rings is 1. The second-order valence-electron chi connectivity index (χ2n) is 5.81. The lowest BCUT2D eigenvalue weighted by atomic mass is 10.1. The number of aromatic nitrogens is 1. The maximum Gasteiger partial charge on any atom is 0.322 e. The van der Waals surface area contributed by atoms with Crippen molar-refractivity contribution in [3.8, 4) is 11.5 Å². The number of hydrogen-bond acceptors (Lipinski definition) is 5. The molecule has 0 spiro atoms. The van der Waals surface area contributed by atoms with Crippen LogP contribution in [0.15, 0.2) is 48.8 Å². The number of sulfonamides is 1. The first-order chi connectivity index (χ1) is 12.4. The van der Waals surface area contributed by atoms with Crippen molar-refractivity contribution < 1.29 is 23.1 Å². The summed E-state index contributed by atoms with van der Waals surface area (Å²) in [5.74, 6) is -0.0520. The van der Waals surface area contributed by atoms with Gasteiger partial charge in [-0.1, -0.05) is 25.5 Å². The first kappa shape index (κ1) is 19.9. The summed E-state index contributed by atoms with van der Waals surface area (Å²) in [7, 11) is -3.62. The molecule has 0 fully saturated rings. The van der Waals surface area contributed by atoms with Gasteiger partial charge in [0.1, 0.15) is 17.5 Å². The Balaban J connectivity index is 2.01. The highest BCUT2D eigenvalue weighted by Gasteiger charge is 2.24. The van der Waals surface area contributed by atoms with Crippen molar-refractivity contribution in [2.45, 2.75) is 32.2 Å². The molecule has 2 rings (SSSR count). The molecule has 1 heterocycles. The van der Waals surface area contributed by atoms with Crippen molar-refractivity contribution in [1.29, 1.82) is 0 Å². The van der Waals surface area contributed by atoms with E-state index in [0.717, 1.165) is 6.42 Å². The molecule has 1 atom stereocenters. The summed E-state index contributed by atoms with van der Waals surface area (Å²) < 4.78 is 31.8. The van der Waals surface area contributed by atoms with Crippen molar-refractivity contribution in [2.24, 2.45) is 0 Å². The summed E-state index contributed by atoms with van der Waals surface area (Å²) >= 11 is 0. The third-order valence-electron chi connectivity index (χ3n) is 3.64. The van der Waals surface area contributed by atoms with Gasteiger partial charge in [0, 0.05) is 12.4 Å². The molecule has 8 heteroatoms. The number of ether oxygens (including phenoxy) is 1. The predicted octanol–water partition coefficient (Wildman–Crippen LogP) is 2.59. The summed E-state index contributed by atoms with van der Waals surface area (Å²) in [5, 5.41) is 9.32. The molecular weight excluding hydrogens is 356 g/mol. The second kappa shape index (κ2) is 9.30. The van der Waals surface area contributed by atoms with Crippen molar-refractivity contribution in [3.63, 3.8) is 0 Å². The lowest BCUT2D eigenvalue weighted by Crippen LogP contribution is -2.43. The third kappa shape index (κ3) is 6.45. The van der Waals surface area contributed by atoms with Gasteiger partial charge in [0.25, 0.3) is 0 Å². The van der Waals surface area contributed by atoms with Crippen molar-refractivity contribution in [1.82, 2.24) is 9.71 Å². The molecule has 0 radical (unpaired) electrons. The molecule has 0 bridgehead atoms. The molecule has 0 amide bonds. The van der Waals surface area contributed by atoms with E-state index in [1.807, 2.05) is 6.92 Å². The second-order valence-corrected chi connectivity index (χ2v) is 7.69. The SMILES string of the molecule is CCCCS(=O)(=O)N[C@@H](Cc1ccc(Oc2ccncc2)cc1)C(=O)O. The van der Waals surface area contributed by atoms with E-state index in [4.69, 9.17) is 4.74 Å². The number of pyridine rings is 1. The molecule has 1 aromatic heterocycles. The number of hydrogen-bond donors (Lipinski definition) is 2. The Hall–Kier alpha value is -2.45. The fraction of sp³-hybridized carbons (Fsp3) is 0.333. The molecule has 0 unspecified atom stereocenters. The van der Waals surface area contributed by atoms with Crippen LogP contribution in [0, 0.1) is 0 Å². The average Bonchev–Trinajstić information content (AvgIpc) is 2.62. The molecule has 1 aromatic carbocycles. The maximum absolute atomic E-state index is 12.0. The van der Waals surface area contributed by atoms with Gasteiger partial charge in [0.15, 0.2) is 0 Å². The zero-order valence-electron chi connectivity index (χ0n) is 14.5. The molecule has 0 saturated carbocycles. The van der Waals surface area contributed by atoms with E-state index in [9.17, 15) is 18.3 Å². The number of rotatable bonds is 10. The monoisotopic (exact) mass is 378 g/mol. The van der Waals surface area contributed by atoms with Crippen LogP contribution >= 0.6 is 0 Å². The van der Waals surface area contributed by atoms with Crippen LogP contribution in [0.4, 0.5) is 0 Å². The smallest absolute Gasteiger partial charge is 0.322 e. The van der Waals surface area contributed by atoms with Crippen molar-refractivity contribution >= 4 is 16.0 Å². The Bertz CT molecular complexity index is 807. The molecule has 0 saturated heterocycles. The summed E-state index contributed by atoms with van der Waals surface area (Å²) in [6.45, 7) is 1.87. The standard InChI is InChI=1S/C18H22N2O5S/c1-2-3-12-26(23,24)20-17(18(21)22)13-14-4-6-15(7-5-14)25-16-8-10-19-11-9-16/h4-11,17,20H,2-3,12-13H2,1H3,(H,21,22)/t17-/m0/s1. The van der Waals surface area contributed by atoms with E-state index in [1.165, 1.54) is 0 Å². The van der Waals surface area contributed by atoms with Gasteiger partial charge in [-0.15, -0.1) is 0 Å². The number of nitrogens with one attached hydrogen (secondary N) is 1. The van der Waals surface area contributed by atoms with E-state index >= 15 is 0 Å². The van der Waals surface area contributed by atoms with E-state index < -0.39 is 22.0 Å². The van der Waals surface area contributed by atoms with Crippen LogP contribution in [-0.2, 0) is 21.2 Å². The van der Waals surface area contributed by atoms with Crippen LogP contribution in [0.2, 0.25) is 0 Å². The highest BCUT2D eigenvalue weighted by molar-refractivity contribution is 7.89. The minimum absolute atomic E-state index is 0.0518. The van der Waals surface area contributed by atoms with Crippen LogP contribution in [0.3, 0.4) is 0 Å². The lowest BCUT2D eigenvalue weighted by molar-refractivity contribution is -0.138. The zero-order chi connectivity index (χ0) is 19.0. The number of nitrogens with zero attached hydrogens (tertiary/aromatic N) is 1. The van der Waals surface area contributed by atoms with Gasteiger partial charge in [0.05, 0.1) is 5.75 Å². The van der Waals surface area contributed by atoms with Crippen LogP contribution in [0.25, 0.3) is 0 Å². The van der Waals surface area contributed by atoms with Crippen LogP contribution in [0.5, 0.6) is 11.5 Å². The highest BCUT2D eigenvalue weighted by Crippen LogP contribution is 2.21.